The molecule has 0 saturated carbocycles. The molecule has 100 valence electrons. The zero-order valence-electron chi connectivity index (χ0n) is 11.6. The summed E-state index contributed by atoms with van der Waals surface area (Å²) in [7, 11) is 0. The van der Waals surface area contributed by atoms with Crippen LogP contribution in [0.25, 0.3) is 5.69 Å². The highest BCUT2D eigenvalue weighted by Crippen LogP contribution is 2.24. The van der Waals surface area contributed by atoms with Crippen molar-refractivity contribution in [3.63, 3.8) is 0 Å². The van der Waals surface area contributed by atoms with Crippen LogP contribution >= 0.6 is 0 Å². The second-order valence-corrected chi connectivity index (χ2v) is 5.48. The average Bonchev–Trinajstić information content (AvgIpc) is 3.04. The molecule has 3 rings (SSSR count). The Morgan fingerprint density at radius 2 is 2.11 bits per heavy atom. The van der Waals surface area contributed by atoms with Gasteiger partial charge in [-0.05, 0) is 42.5 Å². The molecule has 1 N–H and O–H groups in total. The summed E-state index contributed by atoms with van der Waals surface area (Å²) < 4.78 is 1.94. The van der Waals surface area contributed by atoms with Crippen molar-refractivity contribution in [2.24, 2.45) is 0 Å². The van der Waals surface area contributed by atoms with Crippen molar-refractivity contribution in [3.8, 4) is 5.69 Å². The highest BCUT2D eigenvalue weighted by Gasteiger charge is 2.13. The van der Waals surface area contributed by atoms with Gasteiger partial charge in [0.05, 0.1) is 17.6 Å². The third kappa shape index (κ3) is 2.54. The number of nitrogens with zero attached hydrogens (tertiary/aromatic N) is 3. The lowest BCUT2D eigenvalue weighted by atomic mass is 10.1. The molecule has 4 nitrogen and oxygen atoms in total. The third-order valence-corrected chi connectivity index (χ3v) is 3.64. The van der Waals surface area contributed by atoms with Gasteiger partial charge in [0.2, 0.25) is 0 Å². The summed E-state index contributed by atoms with van der Waals surface area (Å²) in [6.07, 6.45) is 5.52. The quantitative estimate of drug-likeness (QED) is 0.912. The lowest BCUT2D eigenvalue weighted by Crippen LogP contribution is -2.23. The van der Waals surface area contributed by atoms with E-state index in [-0.39, 0.29) is 0 Å². The number of aryl methyl sites for hydroxylation is 2. The minimum Gasteiger partial charge on any atom is -0.309 e. The fourth-order valence-electron chi connectivity index (χ4n) is 2.59. The van der Waals surface area contributed by atoms with Crippen molar-refractivity contribution in [2.45, 2.75) is 45.7 Å². The van der Waals surface area contributed by atoms with Crippen LogP contribution in [0.2, 0.25) is 0 Å². The van der Waals surface area contributed by atoms with Crippen LogP contribution < -0.4 is 5.32 Å². The maximum atomic E-state index is 4.22. The topological polar surface area (TPSA) is 42.7 Å². The first-order valence-electron chi connectivity index (χ1n) is 6.99. The van der Waals surface area contributed by atoms with Gasteiger partial charge in [-0.2, -0.15) is 0 Å². The highest BCUT2D eigenvalue weighted by molar-refractivity contribution is 5.42. The van der Waals surface area contributed by atoms with Crippen LogP contribution in [0.5, 0.6) is 0 Å². The summed E-state index contributed by atoms with van der Waals surface area (Å²) in [6, 6.07) is 7.11. The number of fused-ring (bicyclic) bond motifs is 1. The van der Waals surface area contributed by atoms with E-state index in [0.717, 1.165) is 17.9 Å². The monoisotopic (exact) mass is 256 g/mol. The molecule has 0 unspecified atom stereocenters. The molecule has 0 radical (unpaired) electrons. The van der Waals surface area contributed by atoms with Gasteiger partial charge in [0.15, 0.2) is 0 Å². The Morgan fingerprint density at radius 3 is 2.95 bits per heavy atom. The largest absolute Gasteiger partial charge is 0.309 e. The lowest BCUT2D eigenvalue weighted by Gasteiger charge is -2.10. The highest BCUT2D eigenvalue weighted by atomic mass is 15.4. The predicted octanol–water partition coefficient (Wildman–Crippen LogP) is 2.25. The summed E-state index contributed by atoms with van der Waals surface area (Å²) in [4.78, 5) is 0. The van der Waals surface area contributed by atoms with Crippen LogP contribution in [0.1, 0.15) is 37.1 Å². The van der Waals surface area contributed by atoms with Crippen LogP contribution in [0, 0.1) is 0 Å². The maximum absolute atomic E-state index is 4.22. The number of benzene rings is 1. The van der Waals surface area contributed by atoms with E-state index >= 15 is 0 Å². The molecule has 2 aromatic rings. The predicted molar refractivity (Wildman–Crippen MR) is 75.4 cm³/mol. The smallest absolute Gasteiger partial charge is 0.0783 e. The molecule has 0 bridgehead atoms. The Morgan fingerprint density at radius 1 is 1.26 bits per heavy atom. The Balaban J connectivity index is 1.88. The third-order valence-electron chi connectivity index (χ3n) is 3.64. The molecule has 0 atom stereocenters. The molecule has 1 aliphatic rings. The standard InChI is InChI=1S/C15H20N4/c1-11(2)16-9-15-10-17-18-19(15)14-7-6-12-4-3-5-13(12)8-14/h6-8,10-11,16H,3-5,9H2,1-2H3. The number of hydrogen-bond donors (Lipinski definition) is 1. The number of nitrogens with one attached hydrogen (secondary N) is 1. The molecular weight excluding hydrogens is 236 g/mol. The first-order valence-corrected chi connectivity index (χ1v) is 6.99. The molecule has 1 heterocycles. The van der Waals surface area contributed by atoms with Gasteiger partial charge in [0, 0.05) is 12.6 Å². The van der Waals surface area contributed by atoms with E-state index in [2.05, 4.69) is 47.7 Å². The second-order valence-electron chi connectivity index (χ2n) is 5.48. The van der Waals surface area contributed by atoms with Gasteiger partial charge < -0.3 is 5.32 Å². The van der Waals surface area contributed by atoms with Gasteiger partial charge in [-0.1, -0.05) is 25.1 Å². The second kappa shape index (κ2) is 5.13. The van der Waals surface area contributed by atoms with Gasteiger partial charge in [0.25, 0.3) is 0 Å². The summed E-state index contributed by atoms with van der Waals surface area (Å²) in [5, 5.41) is 11.7. The molecule has 0 spiro atoms. The molecular formula is C15H20N4. The van der Waals surface area contributed by atoms with Gasteiger partial charge in [-0.3, -0.25) is 0 Å². The van der Waals surface area contributed by atoms with Crippen molar-refractivity contribution in [3.05, 3.63) is 41.2 Å². The van der Waals surface area contributed by atoms with E-state index in [1.54, 1.807) is 0 Å². The zero-order valence-corrected chi connectivity index (χ0v) is 11.6. The lowest BCUT2D eigenvalue weighted by molar-refractivity contribution is 0.570. The van der Waals surface area contributed by atoms with E-state index < -0.39 is 0 Å². The minimum absolute atomic E-state index is 0.461. The SMILES string of the molecule is CC(C)NCc1cnnn1-c1ccc2c(c1)CCC2. The van der Waals surface area contributed by atoms with Crippen LogP contribution in [0.3, 0.4) is 0 Å². The van der Waals surface area contributed by atoms with E-state index in [1.807, 2.05) is 10.9 Å². The molecule has 1 aromatic heterocycles. The van der Waals surface area contributed by atoms with Crippen molar-refractivity contribution in [1.29, 1.82) is 0 Å². The Bertz CT molecular complexity index is 571. The Kier molecular flexibility index (Phi) is 3.34. The first kappa shape index (κ1) is 12.4. The van der Waals surface area contributed by atoms with Gasteiger partial charge in [-0.15, -0.1) is 5.10 Å². The van der Waals surface area contributed by atoms with E-state index in [1.165, 1.54) is 30.4 Å². The van der Waals surface area contributed by atoms with Crippen LogP contribution in [-0.4, -0.2) is 21.0 Å². The van der Waals surface area contributed by atoms with Crippen LogP contribution in [0.4, 0.5) is 0 Å². The molecule has 0 amide bonds. The number of aromatic nitrogens is 3. The van der Waals surface area contributed by atoms with E-state index in [9.17, 15) is 0 Å². The average molecular weight is 256 g/mol. The Labute approximate surface area is 113 Å². The van der Waals surface area contributed by atoms with Crippen LogP contribution in [0.15, 0.2) is 24.4 Å². The minimum atomic E-state index is 0.461. The summed E-state index contributed by atoms with van der Waals surface area (Å²) in [5.41, 5.74) is 5.19. The maximum Gasteiger partial charge on any atom is 0.0783 e. The Hall–Kier alpha value is -1.68. The zero-order chi connectivity index (χ0) is 13.2. The molecule has 1 aliphatic carbocycles. The van der Waals surface area contributed by atoms with Gasteiger partial charge in [-0.25, -0.2) is 4.68 Å². The first-order chi connectivity index (χ1) is 9.24. The number of rotatable bonds is 4. The summed E-state index contributed by atoms with van der Waals surface area (Å²) in [6.45, 7) is 5.08. The van der Waals surface area contributed by atoms with Crippen molar-refractivity contribution < 1.29 is 0 Å². The van der Waals surface area contributed by atoms with Gasteiger partial charge >= 0.3 is 0 Å². The summed E-state index contributed by atoms with van der Waals surface area (Å²) >= 11 is 0. The fourth-order valence-corrected chi connectivity index (χ4v) is 2.59. The molecule has 0 saturated heterocycles. The van der Waals surface area contributed by atoms with E-state index in [4.69, 9.17) is 0 Å². The normalized spacial score (nSPS) is 14.1. The van der Waals surface area contributed by atoms with E-state index in [0.29, 0.717) is 6.04 Å². The molecule has 4 heteroatoms. The molecule has 19 heavy (non-hydrogen) atoms. The molecule has 0 fully saturated rings. The van der Waals surface area contributed by atoms with Crippen molar-refractivity contribution >= 4 is 0 Å². The molecule has 1 aromatic carbocycles. The fraction of sp³-hybridized carbons (Fsp3) is 0.467. The van der Waals surface area contributed by atoms with Crippen LogP contribution in [-0.2, 0) is 19.4 Å². The van der Waals surface area contributed by atoms with Crippen molar-refractivity contribution in [2.75, 3.05) is 0 Å². The molecule has 0 aliphatic heterocycles. The van der Waals surface area contributed by atoms with Crippen molar-refractivity contribution in [1.82, 2.24) is 20.3 Å². The summed E-state index contributed by atoms with van der Waals surface area (Å²) in [5.74, 6) is 0. The van der Waals surface area contributed by atoms with Gasteiger partial charge in [0.1, 0.15) is 0 Å². The number of hydrogen-bond acceptors (Lipinski definition) is 3.